The molecule has 0 bridgehead atoms. The van der Waals surface area contributed by atoms with E-state index in [2.05, 4.69) is 63.0 Å². The summed E-state index contributed by atoms with van der Waals surface area (Å²) < 4.78 is 46.0. The molecule has 2 saturated heterocycles. The summed E-state index contributed by atoms with van der Waals surface area (Å²) in [4.78, 5) is 16.2. The number of piperazine rings is 1. The van der Waals surface area contributed by atoms with Gasteiger partial charge in [-0.3, -0.25) is 9.62 Å². The SMILES string of the molecule is COc1cc(N2CCC(N3CCN(C)CC3)CC2)c(Cl)cc1Nc1ncc(Br)c(Nc2ccc(F)cc2NS(C)(=O)=O)n1. The lowest BCUT2D eigenvalue weighted by Gasteiger charge is -2.42. The number of halogens is 3. The Kier molecular flexibility index (Phi) is 9.81. The molecule has 3 N–H and O–H groups in total. The molecule has 0 atom stereocenters. The summed E-state index contributed by atoms with van der Waals surface area (Å²) in [5, 5.41) is 6.79. The fourth-order valence-electron chi connectivity index (χ4n) is 5.38. The number of methoxy groups -OCH3 is 1. The maximum Gasteiger partial charge on any atom is 0.229 e. The highest BCUT2D eigenvalue weighted by atomic mass is 79.9. The lowest BCUT2D eigenvalue weighted by molar-refractivity contribution is 0.0982. The molecule has 2 aliphatic heterocycles. The van der Waals surface area contributed by atoms with E-state index >= 15 is 0 Å². The maximum absolute atomic E-state index is 13.9. The molecule has 3 aromatic rings. The number of nitrogens with zero attached hydrogens (tertiary/aromatic N) is 5. The van der Waals surface area contributed by atoms with Gasteiger partial charge in [0.05, 0.1) is 45.6 Å². The van der Waals surface area contributed by atoms with Crippen LogP contribution in [0.25, 0.3) is 0 Å². The van der Waals surface area contributed by atoms with Gasteiger partial charge in [-0.25, -0.2) is 17.8 Å². The zero-order valence-electron chi connectivity index (χ0n) is 24.2. The van der Waals surface area contributed by atoms with Gasteiger partial charge in [-0.15, -0.1) is 0 Å². The van der Waals surface area contributed by atoms with E-state index in [9.17, 15) is 12.8 Å². The maximum atomic E-state index is 13.9. The van der Waals surface area contributed by atoms with Crippen LogP contribution < -0.4 is 25.0 Å². The van der Waals surface area contributed by atoms with Crippen LogP contribution in [0.5, 0.6) is 5.75 Å². The van der Waals surface area contributed by atoms with Crippen LogP contribution in [0, 0.1) is 5.82 Å². The fraction of sp³-hybridized carbons (Fsp3) is 0.429. The number of hydrogen-bond acceptors (Lipinski definition) is 10. The molecule has 2 fully saturated rings. The van der Waals surface area contributed by atoms with Crippen LogP contribution in [0.1, 0.15) is 12.8 Å². The molecule has 5 rings (SSSR count). The van der Waals surface area contributed by atoms with Crippen LogP contribution >= 0.6 is 27.5 Å². The summed E-state index contributed by atoms with van der Waals surface area (Å²) in [5.74, 6) is 0.554. The standard InChI is InChI=1S/C28H35BrClFN8O3S/c1-37-10-12-38(13-11-37)19-6-8-39(9-7-19)25-16-26(42-2)24(15-21(25)30)34-28-32-17-20(29)27(35-28)33-22-5-4-18(31)14-23(22)36-43(3,40)41/h4-5,14-17,19,36H,6-13H2,1-3H3,(H2,32,33,34,35). The predicted molar refractivity (Wildman–Crippen MR) is 173 cm³/mol. The highest BCUT2D eigenvalue weighted by molar-refractivity contribution is 9.10. The van der Waals surface area contributed by atoms with Gasteiger partial charge >= 0.3 is 0 Å². The number of benzene rings is 2. The summed E-state index contributed by atoms with van der Waals surface area (Å²) in [6.07, 6.45) is 4.70. The van der Waals surface area contributed by atoms with E-state index in [1.54, 1.807) is 13.2 Å². The van der Waals surface area contributed by atoms with Crippen molar-refractivity contribution in [1.82, 2.24) is 19.8 Å². The van der Waals surface area contributed by atoms with Gasteiger partial charge < -0.3 is 25.2 Å². The van der Waals surface area contributed by atoms with E-state index < -0.39 is 15.8 Å². The Morgan fingerprint density at radius 2 is 1.74 bits per heavy atom. The molecule has 0 unspecified atom stereocenters. The van der Waals surface area contributed by atoms with Crippen molar-refractivity contribution in [2.75, 3.05) is 79.9 Å². The Morgan fingerprint density at radius 3 is 2.42 bits per heavy atom. The van der Waals surface area contributed by atoms with Gasteiger partial charge in [0.2, 0.25) is 16.0 Å². The van der Waals surface area contributed by atoms with Crippen LogP contribution in [-0.4, -0.2) is 93.9 Å². The zero-order chi connectivity index (χ0) is 30.7. The van der Waals surface area contributed by atoms with Crippen molar-refractivity contribution in [2.45, 2.75) is 18.9 Å². The first-order valence-corrected chi connectivity index (χ1v) is 16.9. The van der Waals surface area contributed by atoms with Gasteiger partial charge in [0.15, 0.2) is 0 Å². The van der Waals surface area contributed by atoms with Crippen molar-refractivity contribution in [2.24, 2.45) is 0 Å². The Labute approximate surface area is 264 Å². The van der Waals surface area contributed by atoms with Crippen molar-refractivity contribution < 1.29 is 17.5 Å². The van der Waals surface area contributed by atoms with Gasteiger partial charge in [-0.05, 0) is 54.0 Å². The number of likely N-dealkylation sites (N-methyl/N-ethyl adjacent to an activating group) is 1. The molecule has 43 heavy (non-hydrogen) atoms. The van der Waals surface area contributed by atoms with Gasteiger partial charge in [-0.1, -0.05) is 11.6 Å². The lowest BCUT2D eigenvalue weighted by atomic mass is 10.0. The van der Waals surface area contributed by atoms with Crippen molar-refractivity contribution in [3.05, 3.63) is 51.8 Å². The molecule has 1 aromatic heterocycles. The third kappa shape index (κ3) is 7.98. The van der Waals surface area contributed by atoms with E-state index in [4.69, 9.17) is 16.3 Å². The Balaban J connectivity index is 1.31. The second-order valence-corrected chi connectivity index (χ2v) is 13.8. The molecule has 3 heterocycles. The normalized spacial score (nSPS) is 17.1. The molecule has 0 amide bonds. The van der Waals surface area contributed by atoms with Crippen LogP contribution in [0.3, 0.4) is 0 Å². The van der Waals surface area contributed by atoms with E-state index in [-0.39, 0.29) is 11.6 Å². The molecular formula is C28H35BrClFN8O3S. The van der Waals surface area contributed by atoms with Crippen LogP contribution in [0.2, 0.25) is 5.02 Å². The number of rotatable bonds is 9. The molecule has 0 aliphatic carbocycles. The molecule has 0 spiro atoms. The molecule has 0 saturated carbocycles. The first-order chi connectivity index (χ1) is 20.5. The van der Waals surface area contributed by atoms with Crippen molar-refractivity contribution in [3.63, 3.8) is 0 Å². The molecular weight excluding hydrogens is 663 g/mol. The summed E-state index contributed by atoms with van der Waals surface area (Å²) in [5.41, 5.74) is 1.85. The first kappa shape index (κ1) is 31.5. The Hall–Kier alpha value is -2.91. The van der Waals surface area contributed by atoms with Crippen molar-refractivity contribution in [1.29, 1.82) is 0 Å². The molecule has 232 valence electrons. The highest BCUT2D eigenvalue weighted by Crippen LogP contribution is 2.39. The molecule has 2 aliphatic rings. The number of ether oxygens (including phenoxy) is 1. The largest absolute Gasteiger partial charge is 0.494 e. The molecule has 0 radical (unpaired) electrons. The minimum Gasteiger partial charge on any atom is -0.494 e. The number of piperidine rings is 1. The van der Waals surface area contributed by atoms with Crippen LogP contribution in [0.15, 0.2) is 41.0 Å². The van der Waals surface area contributed by atoms with E-state index in [1.165, 1.54) is 18.3 Å². The third-order valence-corrected chi connectivity index (χ3v) is 9.12. The zero-order valence-corrected chi connectivity index (χ0v) is 27.4. The second kappa shape index (κ2) is 13.4. The predicted octanol–water partition coefficient (Wildman–Crippen LogP) is 5.12. The topological polar surface area (TPSA) is 115 Å². The number of aromatic nitrogens is 2. The van der Waals surface area contributed by atoms with Crippen molar-refractivity contribution in [3.8, 4) is 5.75 Å². The fourth-order valence-corrected chi connectivity index (χ4v) is 6.52. The van der Waals surface area contributed by atoms with Crippen LogP contribution in [-0.2, 0) is 10.0 Å². The van der Waals surface area contributed by atoms with Crippen LogP contribution in [0.4, 0.5) is 38.9 Å². The molecule has 15 heteroatoms. The van der Waals surface area contributed by atoms with E-state index in [1.807, 2.05) is 6.07 Å². The Morgan fingerprint density at radius 1 is 1.02 bits per heavy atom. The summed E-state index contributed by atoms with van der Waals surface area (Å²) in [6.45, 7) is 6.30. The van der Waals surface area contributed by atoms with Gasteiger partial charge in [0.25, 0.3) is 0 Å². The average molecular weight is 698 g/mol. The average Bonchev–Trinajstić information content (AvgIpc) is 2.96. The second-order valence-electron chi connectivity index (χ2n) is 10.8. The number of sulfonamides is 1. The third-order valence-electron chi connectivity index (χ3n) is 7.65. The van der Waals surface area contributed by atoms with E-state index in [0.717, 1.165) is 70.1 Å². The van der Waals surface area contributed by atoms with Gasteiger partial charge in [0.1, 0.15) is 17.4 Å². The summed E-state index contributed by atoms with van der Waals surface area (Å²) in [7, 11) is 0.125. The van der Waals surface area contributed by atoms with Crippen molar-refractivity contribution >= 4 is 72.1 Å². The minimum absolute atomic E-state index is 0.0409. The first-order valence-electron chi connectivity index (χ1n) is 13.9. The highest BCUT2D eigenvalue weighted by Gasteiger charge is 2.28. The summed E-state index contributed by atoms with van der Waals surface area (Å²) in [6, 6.07) is 8.04. The number of anilines is 6. The van der Waals surface area contributed by atoms with Gasteiger partial charge in [-0.2, -0.15) is 4.98 Å². The quantitative estimate of drug-likeness (QED) is 0.279. The van der Waals surface area contributed by atoms with E-state index in [0.29, 0.717) is 38.5 Å². The number of nitrogens with one attached hydrogen (secondary N) is 3. The summed E-state index contributed by atoms with van der Waals surface area (Å²) >= 11 is 10.2. The molecule has 11 nitrogen and oxygen atoms in total. The Bertz CT molecular complexity index is 1570. The smallest absolute Gasteiger partial charge is 0.229 e. The van der Waals surface area contributed by atoms with Gasteiger partial charge in [0, 0.05) is 63.6 Å². The lowest BCUT2D eigenvalue weighted by Crippen LogP contribution is -2.52. The molecule has 2 aromatic carbocycles. The monoisotopic (exact) mass is 696 g/mol. The minimum atomic E-state index is -3.65. The number of hydrogen-bond donors (Lipinski definition) is 3.